The first kappa shape index (κ1) is 18.7. The fraction of sp³-hybridized carbons (Fsp3) is 0.474. The van der Waals surface area contributed by atoms with Crippen LogP contribution in [0.1, 0.15) is 27.4 Å². The molecule has 0 unspecified atom stereocenters. The van der Waals surface area contributed by atoms with E-state index in [0.29, 0.717) is 29.8 Å². The van der Waals surface area contributed by atoms with Crippen molar-refractivity contribution in [3.05, 3.63) is 46.8 Å². The highest BCUT2D eigenvalue weighted by atomic mass is 35.5. The molecule has 2 saturated heterocycles. The molecule has 2 aliphatic heterocycles. The van der Waals surface area contributed by atoms with Crippen LogP contribution in [-0.4, -0.2) is 42.1 Å². The highest BCUT2D eigenvalue weighted by Crippen LogP contribution is 2.30. The summed E-state index contributed by atoms with van der Waals surface area (Å²) in [5, 5.41) is 7.35. The van der Waals surface area contributed by atoms with Gasteiger partial charge in [-0.05, 0) is 37.8 Å². The van der Waals surface area contributed by atoms with E-state index in [1.807, 2.05) is 43.0 Å². The Morgan fingerprint density at radius 2 is 1.96 bits per heavy atom. The van der Waals surface area contributed by atoms with Gasteiger partial charge in [-0.25, -0.2) is 0 Å². The Bertz CT molecular complexity index is 761. The molecule has 2 atom stereocenters. The molecule has 2 aliphatic rings. The summed E-state index contributed by atoms with van der Waals surface area (Å²) in [5.74, 6) is 2.59. The summed E-state index contributed by atoms with van der Waals surface area (Å²) in [6.45, 7) is 7.79. The molecule has 6 nitrogen and oxygen atoms in total. The molecule has 0 aliphatic carbocycles. The molecule has 140 valence electrons. The number of likely N-dealkylation sites (tertiary alicyclic amines) is 1. The number of nitrogens with zero attached hydrogens (tertiary/aromatic N) is 2. The van der Waals surface area contributed by atoms with Gasteiger partial charge in [0.1, 0.15) is 18.1 Å². The molecule has 2 fully saturated rings. The maximum Gasteiger partial charge on any atom is 0.257 e. The van der Waals surface area contributed by atoms with Crippen LogP contribution in [0.2, 0.25) is 0 Å². The van der Waals surface area contributed by atoms with Gasteiger partial charge in [-0.2, -0.15) is 0 Å². The number of hydrogen-bond acceptors (Lipinski definition) is 5. The van der Waals surface area contributed by atoms with Crippen LogP contribution < -0.4 is 10.1 Å². The van der Waals surface area contributed by atoms with Crippen LogP contribution in [0.3, 0.4) is 0 Å². The zero-order valence-corrected chi connectivity index (χ0v) is 15.8. The Kier molecular flexibility index (Phi) is 5.53. The molecule has 1 amide bonds. The quantitative estimate of drug-likeness (QED) is 0.887. The highest BCUT2D eigenvalue weighted by molar-refractivity contribution is 5.97. The van der Waals surface area contributed by atoms with E-state index in [4.69, 9.17) is 9.26 Å². The number of hydrogen-bond donors (Lipinski definition) is 1. The zero-order chi connectivity index (χ0) is 17.4. The summed E-state index contributed by atoms with van der Waals surface area (Å²) < 4.78 is 11.1. The number of rotatable bonds is 4. The molecule has 0 radical (unpaired) electrons. The van der Waals surface area contributed by atoms with Gasteiger partial charge in [0.2, 0.25) is 0 Å². The Morgan fingerprint density at radius 3 is 2.62 bits per heavy atom. The number of aromatic nitrogens is 1. The largest absolute Gasteiger partial charge is 0.488 e. The number of halogens is 1. The third-order valence-electron chi connectivity index (χ3n) is 5.35. The molecular weight excluding hydrogens is 354 g/mol. The Labute approximate surface area is 159 Å². The van der Waals surface area contributed by atoms with Crippen molar-refractivity contribution in [2.45, 2.75) is 20.5 Å². The molecule has 0 saturated carbocycles. The van der Waals surface area contributed by atoms with Crippen LogP contribution in [-0.2, 0) is 6.61 Å². The summed E-state index contributed by atoms with van der Waals surface area (Å²) in [6, 6.07) is 7.47. The van der Waals surface area contributed by atoms with Crippen molar-refractivity contribution in [2.24, 2.45) is 11.8 Å². The van der Waals surface area contributed by atoms with Crippen LogP contribution in [0.15, 0.2) is 28.8 Å². The molecule has 3 heterocycles. The lowest BCUT2D eigenvalue weighted by Crippen LogP contribution is -2.32. The standard InChI is InChI=1S/C19H23N3O3.ClH/c1-12-17(13(2)25-21-12)11-24-18-6-4-3-5-16(18)19(23)22-9-14-7-20-8-15(14)10-22;/h3-6,14-15,20H,7-11H2,1-2H3;1H/t14-,15+;. The summed E-state index contributed by atoms with van der Waals surface area (Å²) in [4.78, 5) is 15.0. The van der Waals surface area contributed by atoms with Crippen molar-refractivity contribution < 1.29 is 14.1 Å². The monoisotopic (exact) mass is 377 g/mol. The minimum Gasteiger partial charge on any atom is -0.488 e. The summed E-state index contributed by atoms with van der Waals surface area (Å²) >= 11 is 0. The van der Waals surface area contributed by atoms with Crippen LogP contribution in [0.25, 0.3) is 0 Å². The van der Waals surface area contributed by atoms with Crippen LogP contribution >= 0.6 is 12.4 Å². The minimum atomic E-state index is 0. The van der Waals surface area contributed by atoms with Gasteiger partial charge in [0.15, 0.2) is 0 Å². The molecule has 0 bridgehead atoms. The number of fused-ring (bicyclic) bond motifs is 1. The summed E-state index contributed by atoms with van der Waals surface area (Å²) in [7, 11) is 0. The van der Waals surface area contributed by atoms with E-state index < -0.39 is 0 Å². The van der Waals surface area contributed by atoms with Crippen molar-refractivity contribution in [1.82, 2.24) is 15.4 Å². The Morgan fingerprint density at radius 1 is 1.27 bits per heavy atom. The fourth-order valence-electron chi connectivity index (χ4n) is 3.82. The number of aryl methyl sites for hydroxylation is 2. The first-order valence-electron chi connectivity index (χ1n) is 8.77. The van der Waals surface area contributed by atoms with Crippen LogP contribution in [0.4, 0.5) is 0 Å². The van der Waals surface area contributed by atoms with Crippen molar-refractivity contribution in [2.75, 3.05) is 26.2 Å². The second-order valence-corrected chi connectivity index (χ2v) is 6.98. The Hall–Kier alpha value is -2.05. The first-order chi connectivity index (χ1) is 12.1. The van der Waals surface area contributed by atoms with E-state index in [1.165, 1.54) is 0 Å². The molecule has 1 N–H and O–H groups in total. The molecule has 26 heavy (non-hydrogen) atoms. The van der Waals surface area contributed by atoms with Gasteiger partial charge in [-0.3, -0.25) is 4.79 Å². The summed E-state index contributed by atoms with van der Waals surface area (Å²) in [5.41, 5.74) is 2.38. The van der Waals surface area contributed by atoms with Gasteiger partial charge >= 0.3 is 0 Å². The normalized spacial score (nSPS) is 21.4. The molecule has 4 rings (SSSR count). The second kappa shape index (κ2) is 7.68. The van der Waals surface area contributed by atoms with Crippen LogP contribution in [0, 0.1) is 25.7 Å². The number of carbonyl (C=O) groups excluding carboxylic acids is 1. The topological polar surface area (TPSA) is 67.6 Å². The SMILES string of the molecule is Cc1noc(C)c1COc1ccccc1C(=O)N1C[C@H]2CNC[C@H]2C1.Cl. The molecular formula is C19H24ClN3O3. The van der Waals surface area contributed by atoms with Gasteiger partial charge in [0, 0.05) is 26.2 Å². The van der Waals surface area contributed by atoms with Gasteiger partial charge in [-0.1, -0.05) is 17.3 Å². The number of amides is 1. The lowest BCUT2D eigenvalue weighted by Gasteiger charge is -2.19. The first-order valence-corrected chi connectivity index (χ1v) is 8.77. The van der Waals surface area contributed by atoms with E-state index in [9.17, 15) is 4.79 Å². The second-order valence-electron chi connectivity index (χ2n) is 6.98. The third kappa shape index (κ3) is 3.44. The fourth-order valence-corrected chi connectivity index (χ4v) is 3.82. The van der Waals surface area contributed by atoms with E-state index in [1.54, 1.807) is 0 Å². The molecule has 1 aromatic carbocycles. The predicted octanol–water partition coefficient (Wildman–Crippen LogP) is 2.58. The van der Waals surface area contributed by atoms with E-state index >= 15 is 0 Å². The maximum absolute atomic E-state index is 13.0. The lowest BCUT2D eigenvalue weighted by molar-refractivity contribution is 0.0777. The minimum absolute atomic E-state index is 0. The number of ether oxygens (including phenoxy) is 1. The van der Waals surface area contributed by atoms with Crippen molar-refractivity contribution in [1.29, 1.82) is 0 Å². The van der Waals surface area contributed by atoms with Crippen molar-refractivity contribution in [3.63, 3.8) is 0 Å². The van der Waals surface area contributed by atoms with Crippen LogP contribution in [0.5, 0.6) is 5.75 Å². The lowest BCUT2D eigenvalue weighted by atomic mass is 10.0. The molecule has 1 aromatic heterocycles. The number of nitrogens with one attached hydrogen (secondary N) is 1. The predicted molar refractivity (Wildman–Crippen MR) is 99.8 cm³/mol. The van der Waals surface area contributed by atoms with Gasteiger partial charge in [0.25, 0.3) is 5.91 Å². The van der Waals surface area contributed by atoms with Gasteiger partial charge < -0.3 is 19.5 Å². The highest BCUT2D eigenvalue weighted by Gasteiger charge is 2.38. The number of benzene rings is 1. The summed E-state index contributed by atoms with van der Waals surface area (Å²) in [6.07, 6.45) is 0. The smallest absolute Gasteiger partial charge is 0.257 e. The molecule has 7 heteroatoms. The van der Waals surface area contributed by atoms with Crippen molar-refractivity contribution >= 4 is 18.3 Å². The van der Waals surface area contributed by atoms with E-state index in [-0.39, 0.29) is 18.3 Å². The van der Waals surface area contributed by atoms with E-state index in [2.05, 4.69) is 10.5 Å². The maximum atomic E-state index is 13.0. The average Bonchev–Trinajstić information content (AvgIpc) is 3.29. The average molecular weight is 378 g/mol. The van der Waals surface area contributed by atoms with Crippen molar-refractivity contribution in [3.8, 4) is 5.75 Å². The Balaban J connectivity index is 0.00000196. The molecule has 0 spiro atoms. The van der Waals surface area contributed by atoms with Gasteiger partial charge in [0.05, 0.1) is 16.8 Å². The number of para-hydroxylation sites is 1. The number of carbonyl (C=O) groups is 1. The third-order valence-corrected chi connectivity index (χ3v) is 5.35. The molecule has 2 aromatic rings. The van der Waals surface area contributed by atoms with E-state index in [0.717, 1.165) is 43.2 Å². The zero-order valence-electron chi connectivity index (χ0n) is 15.0. The van der Waals surface area contributed by atoms with Gasteiger partial charge in [-0.15, -0.1) is 12.4 Å².